The number of aryl methyl sites for hydroxylation is 3. The van der Waals surface area contributed by atoms with Crippen LogP contribution in [-0.4, -0.2) is 20.1 Å². The van der Waals surface area contributed by atoms with Gasteiger partial charge in [0.15, 0.2) is 5.75 Å². The summed E-state index contributed by atoms with van der Waals surface area (Å²) in [6, 6.07) is 7.05. The average Bonchev–Trinajstić information content (AvgIpc) is 2.67. The highest BCUT2D eigenvalue weighted by atomic mass is 127. The number of nitrogens with zero attached hydrogens (tertiary/aromatic N) is 1. The quantitative estimate of drug-likeness (QED) is 0.480. The molecule has 0 aliphatic carbocycles. The van der Waals surface area contributed by atoms with Crippen LogP contribution >= 0.6 is 22.6 Å². The first-order chi connectivity index (χ1) is 14.5. The van der Waals surface area contributed by atoms with Gasteiger partial charge in [0.05, 0.1) is 7.11 Å². The monoisotopic (exact) mass is 558 g/mol. The number of aromatic nitrogens is 1. The van der Waals surface area contributed by atoms with E-state index in [-0.39, 0.29) is 22.0 Å². The van der Waals surface area contributed by atoms with E-state index in [0.717, 1.165) is 0 Å². The van der Waals surface area contributed by atoms with Gasteiger partial charge in [-0.1, -0.05) is 12.1 Å². The normalized spacial score (nSPS) is 11.5. The maximum Gasteiger partial charge on any atom is 0.267 e. The van der Waals surface area contributed by atoms with Crippen molar-refractivity contribution >= 4 is 32.6 Å². The summed E-state index contributed by atoms with van der Waals surface area (Å²) in [5.41, 5.74) is 1.48. The molecular formula is C21H20FIN2O5S. The van der Waals surface area contributed by atoms with E-state index < -0.39 is 15.8 Å². The molecule has 0 aliphatic rings. The Kier molecular flexibility index (Phi) is 6.44. The lowest BCUT2D eigenvalue weighted by Gasteiger charge is -2.19. The fourth-order valence-electron chi connectivity index (χ4n) is 3.29. The Labute approximate surface area is 192 Å². The van der Waals surface area contributed by atoms with E-state index in [1.807, 2.05) is 22.6 Å². The smallest absolute Gasteiger partial charge is 0.267 e. The van der Waals surface area contributed by atoms with Gasteiger partial charge in [-0.25, -0.2) is 17.9 Å². The topological polar surface area (TPSA) is 101 Å². The molecule has 31 heavy (non-hydrogen) atoms. The van der Waals surface area contributed by atoms with Crippen molar-refractivity contribution < 1.29 is 22.3 Å². The zero-order valence-electron chi connectivity index (χ0n) is 17.2. The van der Waals surface area contributed by atoms with Crippen molar-refractivity contribution in [3.05, 3.63) is 67.4 Å². The van der Waals surface area contributed by atoms with Gasteiger partial charge < -0.3 is 14.0 Å². The molecule has 2 N–H and O–H groups in total. The summed E-state index contributed by atoms with van der Waals surface area (Å²) in [4.78, 5) is 12.1. The van der Waals surface area contributed by atoms with Gasteiger partial charge in [-0.15, -0.1) is 0 Å². The standard InChI is InChI=1S/C21H20FIN2O5S/c1-11-8-13(22)9-12(2)18(11)30-19-14(6-5-7-16(19)31(24,27)28)15-10-25(3)21(26)17(23)20(15)29-4/h5-10H,1-4H3,(H2,24,27,28). The number of halogens is 2. The minimum atomic E-state index is -4.18. The summed E-state index contributed by atoms with van der Waals surface area (Å²) in [5.74, 6) is 0.0945. The van der Waals surface area contributed by atoms with Crippen molar-refractivity contribution in [1.29, 1.82) is 0 Å². The number of benzene rings is 2. The van der Waals surface area contributed by atoms with Gasteiger partial charge in [-0.05, 0) is 65.8 Å². The maximum atomic E-state index is 13.8. The van der Waals surface area contributed by atoms with Crippen LogP contribution in [0.3, 0.4) is 0 Å². The van der Waals surface area contributed by atoms with Crippen molar-refractivity contribution in [2.45, 2.75) is 18.7 Å². The number of rotatable bonds is 5. The average molecular weight is 558 g/mol. The maximum absolute atomic E-state index is 13.8. The van der Waals surface area contributed by atoms with Crippen molar-refractivity contribution in [3.8, 4) is 28.4 Å². The van der Waals surface area contributed by atoms with Crippen molar-refractivity contribution in [3.63, 3.8) is 0 Å². The molecule has 10 heteroatoms. The Morgan fingerprint density at radius 2 is 1.68 bits per heavy atom. The van der Waals surface area contributed by atoms with E-state index in [1.54, 1.807) is 27.0 Å². The summed E-state index contributed by atoms with van der Waals surface area (Å²) in [5, 5.41) is 5.46. The predicted molar refractivity (Wildman–Crippen MR) is 124 cm³/mol. The molecule has 3 aromatic rings. The fraction of sp³-hybridized carbons (Fsp3) is 0.190. The van der Waals surface area contributed by atoms with Crippen LogP contribution in [0.2, 0.25) is 0 Å². The van der Waals surface area contributed by atoms with Crippen LogP contribution in [0.25, 0.3) is 11.1 Å². The number of sulfonamides is 1. The summed E-state index contributed by atoms with van der Waals surface area (Å²) < 4.78 is 51.7. The third kappa shape index (κ3) is 4.46. The second-order valence-electron chi connectivity index (χ2n) is 6.95. The molecule has 3 rings (SSSR count). The minimum Gasteiger partial charge on any atom is -0.495 e. The van der Waals surface area contributed by atoms with Gasteiger partial charge in [-0.2, -0.15) is 0 Å². The molecule has 0 fully saturated rings. The van der Waals surface area contributed by atoms with Crippen LogP contribution < -0.4 is 20.2 Å². The van der Waals surface area contributed by atoms with E-state index >= 15 is 0 Å². The summed E-state index contributed by atoms with van der Waals surface area (Å²) in [6.07, 6.45) is 1.53. The lowest BCUT2D eigenvalue weighted by atomic mass is 10.0. The number of ether oxygens (including phenoxy) is 2. The lowest BCUT2D eigenvalue weighted by molar-refractivity contribution is 0.410. The Bertz CT molecular complexity index is 1330. The molecule has 164 valence electrons. The summed E-state index contributed by atoms with van der Waals surface area (Å²) in [6.45, 7) is 3.31. The van der Waals surface area contributed by atoms with Crippen LogP contribution in [-0.2, 0) is 17.1 Å². The summed E-state index contributed by atoms with van der Waals surface area (Å²) in [7, 11) is -1.19. The molecule has 0 bridgehead atoms. The highest BCUT2D eigenvalue weighted by molar-refractivity contribution is 14.1. The van der Waals surface area contributed by atoms with Crippen LogP contribution in [0.5, 0.6) is 17.2 Å². The number of primary sulfonamides is 1. The first-order valence-electron chi connectivity index (χ1n) is 8.99. The molecule has 0 saturated carbocycles. The number of para-hydroxylation sites is 1. The molecule has 1 aromatic heterocycles. The Morgan fingerprint density at radius 1 is 1.06 bits per heavy atom. The Balaban J connectivity index is 2.39. The highest BCUT2D eigenvalue weighted by Crippen LogP contribution is 2.43. The molecule has 0 radical (unpaired) electrons. The summed E-state index contributed by atoms with van der Waals surface area (Å²) >= 11 is 1.87. The number of pyridine rings is 1. The highest BCUT2D eigenvalue weighted by Gasteiger charge is 2.25. The number of hydrogen-bond acceptors (Lipinski definition) is 5. The Morgan fingerprint density at radius 3 is 2.23 bits per heavy atom. The third-order valence-corrected chi connectivity index (χ3v) is 6.57. The van der Waals surface area contributed by atoms with Gasteiger partial charge in [0.25, 0.3) is 5.56 Å². The molecule has 0 atom stereocenters. The predicted octanol–water partition coefficient (Wildman–Crippen LogP) is 3.86. The molecule has 0 aliphatic heterocycles. The van der Waals surface area contributed by atoms with Crippen molar-refractivity contribution in [1.82, 2.24) is 4.57 Å². The lowest BCUT2D eigenvalue weighted by Crippen LogP contribution is -2.20. The molecule has 7 nitrogen and oxygen atoms in total. The van der Waals surface area contributed by atoms with E-state index in [9.17, 15) is 17.6 Å². The number of nitrogens with two attached hydrogens (primary N) is 1. The molecule has 1 heterocycles. The van der Waals surface area contributed by atoms with Crippen LogP contribution in [0, 0.1) is 23.2 Å². The van der Waals surface area contributed by atoms with Crippen LogP contribution in [0.4, 0.5) is 4.39 Å². The second-order valence-corrected chi connectivity index (χ2v) is 9.56. The zero-order valence-corrected chi connectivity index (χ0v) is 20.2. The van der Waals surface area contributed by atoms with E-state index in [1.165, 1.54) is 42.1 Å². The van der Waals surface area contributed by atoms with E-state index in [4.69, 9.17) is 14.6 Å². The largest absolute Gasteiger partial charge is 0.495 e. The molecule has 0 spiro atoms. The second kappa shape index (κ2) is 8.60. The zero-order chi connectivity index (χ0) is 23.1. The van der Waals surface area contributed by atoms with E-state index in [0.29, 0.717) is 31.6 Å². The minimum absolute atomic E-state index is 0.0458. The SMILES string of the molecule is COc1c(-c2cccc(S(N)(=O)=O)c2Oc2c(C)cc(F)cc2C)cn(C)c(=O)c1I. The molecule has 2 aromatic carbocycles. The van der Waals surface area contributed by atoms with E-state index in [2.05, 4.69) is 0 Å². The molecule has 0 amide bonds. The third-order valence-electron chi connectivity index (χ3n) is 4.68. The molecular weight excluding hydrogens is 538 g/mol. The van der Waals surface area contributed by atoms with Crippen molar-refractivity contribution in [2.75, 3.05) is 7.11 Å². The first-order valence-corrected chi connectivity index (χ1v) is 11.6. The first kappa shape index (κ1) is 23.2. The molecule has 0 saturated heterocycles. The van der Waals surface area contributed by atoms with Gasteiger partial charge in [0.1, 0.15) is 25.8 Å². The van der Waals surface area contributed by atoms with Crippen LogP contribution in [0.1, 0.15) is 11.1 Å². The number of methoxy groups -OCH3 is 1. The molecule has 0 unspecified atom stereocenters. The van der Waals surface area contributed by atoms with Gasteiger partial charge in [0, 0.05) is 24.4 Å². The number of hydrogen-bond donors (Lipinski definition) is 1. The van der Waals surface area contributed by atoms with Crippen LogP contribution in [0.15, 0.2) is 46.2 Å². The Hall–Kier alpha value is -2.44. The van der Waals surface area contributed by atoms with Gasteiger partial charge in [-0.3, -0.25) is 4.79 Å². The van der Waals surface area contributed by atoms with Gasteiger partial charge >= 0.3 is 0 Å². The fourth-order valence-corrected chi connectivity index (χ4v) is 4.86. The van der Waals surface area contributed by atoms with Gasteiger partial charge in [0.2, 0.25) is 10.0 Å². The van der Waals surface area contributed by atoms with Crippen molar-refractivity contribution in [2.24, 2.45) is 12.2 Å².